The Hall–Kier alpha value is -3.76. The summed E-state index contributed by atoms with van der Waals surface area (Å²) in [5.41, 5.74) is 2.18. The van der Waals surface area contributed by atoms with Gasteiger partial charge in [-0.15, -0.1) is 11.3 Å². The van der Waals surface area contributed by atoms with Gasteiger partial charge in [0.15, 0.2) is 10.9 Å². The average molecular weight is 702 g/mol. The standard InChI is InChI=1S/C27H34FN5O4S.C6H6O3S/c1-16(2)12-20(26(36)33-13-19(28)24-23(33)22(34)14-37-24)29-25(35)18-6-4-17(5-7-18)21-15-38-27(30-21)32-10-8-31(3)9-11-32;7-10(8,9)6-4-2-1-3-5-6/h4-7,15-16,19-20,23-24H,8-14H2,1-3H3,(H,29,35);1-5H,(H,7,8,9)/t19-,20-,23+,24+;/m0./s1. The van der Waals surface area contributed by atoms with Gasteiger partial charge in [0, 0.05) is 42.7 Å². The van der Waals surface area contributed by atoms with Crippen molar-refractivity contribution in [1.82, 2.24) is 20.1 Å². The molecule has 6 rings (SSSR count). The van der Waals surface area contributed by atoms with Crippen LogP contribution in [0.5, 0.6) is 0 Å². The van der Waals surface area contributed by atoms with Gasteiger partial charge in [-0.2, -0.15) is 8.42 Å². The number of amides is 2. The molecule has 258 valence electrons. The molecule has 0 spiro atoms. The number of anilines is 1. The minimum absolute atomic E-state index is 0.0741. The highest BCUT2D eigenvalue weighted by Gasteiger charge is 2.53. The molecule has 48 heavy (non-hydrogen) atoms. The van der Waals surface area contributed by atoms with Crippen LogP contribution in [0.4, 0.5) is 9.52 Å². The number of benzene rings is 2. The van der Waals surface area contributed by atoms with E-state index in [0.29, 0.717) is 12.0 Å². The number of rotatable bonds is 8. The van der Waals surface area contributed by atoms with Gasteiger partial charge in [0.2, 0.25) is 5.91 Å². The van der Waals surface area contributed by atoms with Gasteiger partial charge in [0.1, 0.15) is 31.0 Å². The van der Waals surface area contributed by atoms with Gasteiger partial charge in [-0.25, -0.2) is 9.37 Å². The van der Waals surface area contributed by atoms with Crippen molar-refractivity contribution < 1.29 is 36.5 Å². The number of nitrogens with zero attached hydrogens (tertiary/aromatic N) is 4. The number of ether oxygens (including phenoxy) is 1. The molecule has 3 aliphatic rings. The molecule has 2 amide bonds. The first-order chi connectivity index (χ1) is 22.8. The summed E-state index contributed by atoms with van der Waals surface area (Å²) in [7, 11) is -1.88. The summed E-state index contributed by atoms with van der Waals surface area (Å²) in [6.45, 7) is 7.41. The summed E-state index contributed by atoms with van der Waals surface area (Å²) in [5, 5.41) is 5.85. The number of ketones is 1. The zero-order chi connectivity index (χ0) is 34.6. The minimum atomic E-state index is -4.00. The molecule has 3 aromatic rings. The van der Waals surface area contributed by atoms with Crippen LogP contribution >= 0.6 is 11.3 Å². The lowest BCUT2D eigenvalue weighted by Crippen LogP contribution is -2.52. The molecule has 1 aromatic heterocycles. The predicted octanol–water partition coefficient (Wildman–Crippen LogP) is 3.16. The molecule has 2 N–H and O–H groups in total. The Labute approximate surface area is 283 Å². The van der Waals surface area contributed by atoms with E-state index in [1.807, 2.05) is 31.4 Å². The van der Waals surface area contributed by atoms with Crippen molar-refractivity contribution in [2.45, 2.75) is 49.5 Å². The number of hydrogen-bond acceptors (Lipinski definition) is 10. The highest BCUT2D eigenvalue weighted by Crippen LogP contribution is 2.31. The third-order valence-corrected chi connectivity index (χ3v) is 10.2. The second-order valence-corrected chi connectivity index (χ2v) is 14.8. The fraction of sp³-hybridized carbons (Fsp3) is 0.455. The van der Waals surface area contributed by atoms with E-state index in [-0.39, 0.29) is 29.7 Å². The number of thiazole rings is 1. The molecule has 2 aromatic carbocycles. The highest BCUT2D eigenvalue weighted by atomic mass is 32.2. The van der Waals surface area contributed by atoms with E-state index in [2.05, 4.69) is 22.2 Å². The topological polar surface area (TPSA) is 149 Å². The van der Waals surface area contributed by atoms with Crippen LogP contribution in [0.2, 0.25) is 0 Å². The van der Waals surface area contributed by atoms with Crippen molar-refractivity contribution in [2.24, 2.45) is 5.92 Å². The van der Waals surface area contributed by atoms with Crippen LogP contribution in [0.1, 0.15) is 30.6 Å². The monoisotopic (exact) mass is 701 g/mol. The molecule has 4 heterocycles. The van der Waals surface area contributed by atoms with Gasteiger partial charge < -0.3 is 24.8 Å². The first-order valence-corrected chi connectivity index (χ1v) is 18.1. The van der Waals surface area contributed by atoms with Gasteiger partial charge in [0.25, 0.3) is 16.0 Å². The molecule has 3 aliphatic heterocycles. The quantitative estimate of drug-likeness (QED) is 0.336. The van der Waals surface area contributed by atoms with E-state index >= 15 is 0 Å². The van der Waals surface area contributed by atoms with Crippen LogP contribution in [-0.4, -0.2) is 116 Å². The third-order valence-electron chi connectivity index (χ3n) is 8.47. The molecule has 12 nitrogen and oxygen atoms in total. The fourth-order valence-corrected chi connectivity index (χ4v) is 7.27. The van der Waals surface area contributed by atoms with Gasteiger partial charge in [-0.05, 0) is 43.7 Å². The Balaban J connectivity index is 0.000000387. The number of nitrogens with one attached hydrogen (secondary N) is 1. The number of likely N-dealkylation sites (N-methyl/N-ethyl adjacent to an activating group) is 1. The molecule has 15 heteroatoms. The lowest BCUT2D eigenvalue weighted by atomic mass is 10.0. The van der Waals surface area contributed by atoms with Crippen molar-refractivity contribution in [1.29, 1.82) is 0 Å². The van der Waals surface area contributed by atoms with Gasteiger partial charge >= 0.3 is 0 Å². The molecule has 0 aliphatic carbocycles. The fourth-order valence-electron chi connectivity index (χ4n) is 5.88. The number of piperazine rings is 1. The number of carbonyl (C=O) groups excluding carboxylic acids is 3. The van der Waals surface area contributed by atoms with E-state index in [4.69, 9.17) is 14.3 Å². The lowest BCUT2D eigenvalue weighted by Gasteiger charge is -2.32. The maximum atomic E-state index is 14.4. The van der Waals surface area contributed by atoms with Crippen molar-refractivity contribution in [3.8, 4) is 11.3 Å². The smallest absolute Gasteiger partial charge is 0.294 e. The largest absolute Gasteiger partial charge is 0.365 e. The Kier molecular flexibility index (Phi) is 11.3. The SMILES string of the molecule is CC(C)C[C@H](NC(=O)c1ccc(-c2csc(N3CCN(C)CC3)n2)cc1)C(=O)N1C[C@H](F)[C@H]2OCC(=O)[C@H]21.O=S(=O)(O)c1ccccc1. The average Bonchev–Trinajstić information content (AvgIpc) is 3.79. The van der Waals surface area contributed by atoms with Crippen molar-refractivity contribution in [3.63, 3.8) is 0 Å². The van der Waals surface area contributed by atoms with Crippen LogP contribution in [0.15, 0.2) is 64.9 Å². The van der Waals surface area contributed by atoms with E-state index < -0.39 is 46.3 Å². The Morgan fingerprint density at radius 1 is 1.08 bits per heavy atom. The maximum Gasteiger partial charge on any atom is 0.294 e. The van der Waals surface area contributed by atoms with E-state index in [1.165, 1.54) is 17.0 Å². The number of alkyl halides is 1. The second-order valence-electron chi connectivity index (χ2n) is 12.5. The zero-order valence-corrected chi connectivity index (χ0v) is 28.6. The van der Waals surface area contributed by atoms with Crippen LogP contribution in [0.25, 0.3) is 11.3 Å². The highest BCUT2D eigenvalue weighted by molar-refractivity contribution is 7.85. The normalized spacial score (nSPS) is 21.9. The molecule has 0 unspecified atom stereocenters. The summed E-state index contributed by atoms with van der Waals surface area (Å²) in [6, 6.07) is 12.8. The van der Waals surface area contributed by atoms with Crippen molar-refractivity contribution in [2.75, 3.05) is 51.3 Å². The molecule has 4 atom stereocenters. The number of hydrogen-bond donors (Lipinski definition) is 2. The number of halogens is 1. The number of likely N-dealkylation sites (tertiary alicyclic amines) is 1. The molecule has 3 saturated heterocycles. The van der Waals surface area contributed by atoms with Crippen LogP contribution in [0.3, 0.4) is 0 Å². The Morgan fingerprint density at radius 2 is 1.75 bits per heavy atom. The van der Waals surface area contributed by atoms with E-state index in [0.717, 1.165) is 42.6 Å². The molecular weight excluding hydrogens is 662 g/mol. The lowest BCUT2D eigenvalue weighted by molar-refractivity contribution is -0.138. The van der Waals surface area contributed by atoms with Crippen molar-refractivity contribution >= 4 is 44.2 Å². The molecule has 0 saturated carbocycles. The van der Waals surface area contributed by atoms with E-state index in [1.54, 1.807) is 41.7 Å². The maximum absolute atomic E-state index is 14.4. The summed E-state index contributed by atoms with van der Waals surface area (Å²) >= 11 is 1.61. The van der Waals surface area contributed by atoms with Gasteiger partial charge in [0.05, 0.1) is 17.1 Å². The number of fused-ring (bicyclic) bond motifs is 1. The van der Waals surface area contributed by atoms with Crippen molar-refractivity contribution in [3.05, 3.63) is 65.5 Å². The van der Waals surface area contributed by atoms with Crippen LogP contribution in [0, 0.1) is 5.92 Å². The Morgan fingerprint density at radius 3 is 2.35 bits per heavy atom. The van der Waals surface area contributed by atoms with Gasteiger partial charge in [-0.3, -0.25) is 18.9 Å². The first-order valence-electron chi connectivity index (χ1n) is 15.7. The predicted molar refractivity (Wildman–Crippen MR) is 179 cm³/mol. The number of Topliss-reactive ketones (excluding diaryl/α,β-unsaturated/α-hetero) is 1. The van der Waals surface area contributed by atoms with Crippen LogP contribution < -0.4 is 10.2 Å². The Bertz CT molecular complexity index is 1700. The molecule has 0 radical (unpaired) electrons. The second kappa shape index (κ2) is 15.2. The van der Waals surface area contributed by atoms with Gasteiger partial charge in [-0.1, -0.05) is 44.2 Å². The first kappa shape index (κ1) is 35.5. The number of carbonyl (C=O) groups is 3. The molecular formula is C33H40FN5O7S2. The summed E-state index contributed by atoms with van der Waals surface area (Å²) < 4.78 is 49.0. The molecule has 0 bridgehead atoms. The summed E-state index contributed by atoms with van der Waals surface area (Å²) in [6.07, 6.45) is -1.96. The zero-order valence-electron chi connectivity index (χ0n) is 27.0. The van der Waals surface area contributed by atoms with Crippen LogP contribution in [-0.2, 0) is 24.4 Å². The summed E-state index contributed by atoms with van der Waals surface area (Å²) in [4.78, 5) is 49.4. The molecule has 3 fully saturated rings. The third kappa shape index (κ3) is 8.44. The summed E-state index contributed by atoms with van der Waals surface area (Å²) in [5.74, 6) is -1.04. The number of aromatic nitrogens is 1. The minimum Gasteiger partial charge on any atom is -0.365 e. The van der Waals surface area contributed by atoms with E-state index in [9.17, 15) is 27.2 Å².